The molecule has 0 spiro atoms. The van der Waals surface area contributed by atoms with Gasteiger partial charge in [0.15, 0.2) is 0 Å². The van der Waals surface area contributed by atoms with Crippen LogP contribution in [0.15, 0.2) is 24.3 Å². The van der Waals surface area contributed by atoms with E-state index in [0.29, 0.717) is 18.4 Å². The van der Waals surface area contributed by atoms with Crippen molar-refractivity contribution in [3.63, 3.8) is 0 Å². The molecule has 1 aromatic carbocycles. The number of fused-ring (bicyclic) bond motifs is 2. The van der Waals surface area contributed by atoms with E-state index in [1.54, 1.807) is 0 Å². The molecule has 0 radical (unpaired) electrons. The summed E-state index contributed by atoms with van der Waals surface area (Å²) in [5.74, 6) is 2.02. The predicted octanol–water partition coefficient (Wildman–Crippen LogP) is 3.11. The number of amides is 1. The number of aryl methyl sites for hydroxylation is 1. The lowest BCUT2D eigenvalue weighted by atomic mass is 9.87. The molecule has 3 unspecified atom stereocenters. The molecule has 3 heteroatoms. The van der Waals surface area contributed by atoms with E-state index in [4.69, 9.17) is 5.73 Å². The predicted molar refractivity (Wildman–Crippen MR) is 86.1 cm³/mol. The van der Waals surface area contributed by atoms with Crippen LogP contribution in [0.5, 0.6) is 0 Å². The maximum atomic E-state index is 13.0. The van der Waals surface area contributed by atoms with Crippen molar-refractivity contribution in [2.24, 2.45) is 23.5 Å². The summed E-state index contributed by atoms with van der Waals surface area (Å²) >= 11 is 0. The van der Waals surface area contributed by atoms with Gasteiger partial charge < -0.3 is 10.6 Å². The minimum absolute atomic E-state index is 0.253. The third-order valence-corrected chi connectivity index (χ3v) is 5.25. The number of nitrogens with two attached hydrogens (primary N) is 1. The molecule has 114 valence electrons. The van der Waals surface area contributed by atoms with Gasteiger partial charge in [0, 0.05) is 18.2 Å². The zero-order valence-electron chi connectivity index (χ0n) is 12.9. The van der Waals surface area contributed by atoms with E-state index in [-0.39, 0.29) is 5.92 Å². The Labute approximate surface area is 127 Å². The van der Waals surface area contributed by atoms with Crippen LogP contribution in [0.2, 0.25) is 0 Å². The first-order valence-electron chi connectivity index (χ1n) is 8.27. The van der Waals surface area contributed by atoms with Crippen LogP contribution in [0.4, 0.5) is 5.69 Å². The molecule has 2 fully saturated rings. The highest BCUT2D eigenvalue weighted by Gasteiger charge is 2.44. The summed E-state index contributed by atoms with van der Waals surface area (Å²) in [5, 5.41) is 0. The van der Waals surface area contributed by atoms with E-state index in [1.165, 1.54) is 24.8 Å². The van der Waals surface area contributed by atoms with Crippen LogP contribution in [-0.4, -0.2) is 19.0 Å². The van der Waals surface area contributed by atoms with Crippen LogP contribution in [0.1, 0.15) is 37.7 Å². The molecular formula is C18H26N2O. The zero-order chi connectivity index (χ0) is 14.8. The summed E-state index contributed by atoms with van der Waals surface area (Å²) < 4.78 is 0. The molecule has 1 aromatic rings. The number of hydrogen-bond donors (Lipinski definition) is 1. The van der Waals surface area contributed by atoms with Crippen LogP contribution in [0.3, 0.4) is 0 Å². The van der Waals surface area contributed by atoms with Crippen molar-refractivity contribution in [2.75, 3.05) is 18.0 Å². The quantitative estimate of drug-likeness (QED) is 0.904. The highest BCUT2D eigenvalue weighted by atomic mass is 16.2. The molecule has 0 aromatic heterocycles. The molecule has 0 heterocycles. The summed E-state index contributed by atoms with van der Waals surface area (Å²) in [4.78, 5) is 15.0. The third kappa shape index (κ3) is 2.98. The van der Waals surface area contributed by atoms with Crippen molar-refractivity contribution in [1.82, 2.24) is 0 Å². The lowest BCUT2D eigenvalue weighted by Gasteiger charge is -2.29. The van der Waals surface area contributed by atoms with Gasteiger partial charge in [-0.15, -0.1) is 0 Å². The Morgan fingerprint density at radius 1 is 1.24 bits per heavy atom. The highest BCUT2D eigenvalue weighted by Crippen LogP contribution is 2.49. The molecule has 21 heavy (non-hydrogen) atoms. The average molecular weight is 286 g/mol. The van der Waals surface area contributed by atoms with Crippen LogP contribution < -0.4 is 10.6 Å². The Morgan fingerprint density at radius 2 is 2.00 bits per heavy atom. The van der Waals surface area contributed by atoms with Crippen LogP contribution in [0, 0.1) is 24.7 Å². The Kier molecular flexibility index (Phi) is 4.29. The lowest BCUT2D eigenvalue weighted by molar-refractivity contribution is -0.123. The molecule has 2 N–H and O–H groups in total. The summed E-state index contributed by atoms with van der Waals surface area (Å²) in [6, 6.07) is 8.30. The molecule has 3 atom stereocenters. The van der Waals surface area contributed by atoms with Gasteiger partial charge in [-0.1, -0.05) is 24.1 Å². The van der Waals surface area contributed by atoms with Gasteiger partial charge in [0.05, 0.1) is 0 Å². The smallest absolute Gasteiger partial charge is 0.230 e. The standard InChI is InChI=1S/C18H26N2O/c1-13-3-7-16(8-4-13)20(10-2-9-19)18(21)17-12-14-5-6-15(17)11-14/h3-4,7-8,14-15,17H,2,5-6,9-12,19H2,1H3. The fourth-order valence-electron chi connectivity index (χ4n) is 4.09. The molecule has 3 nitrogen and oxygen atoms in total. The van der Waals surface area contributed by atoms with Gasteiger partial charge in [-0.3, -0.25) is 4.79 Å². The van der Waals surface area contributed by atoms with Crippen LogP contribution in [-0.2, 0) is 4.79 Å². The lowest BCUT2D eigenvalue weighted by Crippen LogP contribution is -2.39. The number of carbonyl (C=O) groups excluding carboxylic acids is 1. The molecule has 0 aliphatic heterocycles. The average Bonchev–Trinajstić information content (AvgIpc) is 3.12. The fourth-order valence-corrected chi connectivity index (χ4v) is 4.09. The second-order valence-electron chi connectivity index (χ2n) is 6.75. The van der Waals surface area contributed by atoms with Gasteiger partial charge in [0.1, 0.15) is 0 Å². The number of benzene rings is 1. The van der Waals surface area contributed by atoms with Crippen molar-refractivity contribution < 1.29 is 4.79 Å². The second-order valence-corrected chi connectivity index (χ2v) is 6.75. The number of anilines is 1. The van der Waals surface area contributed by atoms with Crippen molar-refractivity contribution in [3.8, 4) is 0 Å². The van der Waals surface area contributed by atoms with E-state index in [9.17, 15) is 4.79 Å². The monoisotopic (exact) mass is 286 g/mol. The van der Waals surface area contributed by atoms with Gasteiger partial charge in [0.2, 0.25) is 5.91 Å². The molecule has 2 saturated carbocycles. The Bertz CT molecular complexity index is 496. The summed E-state index contributed by atoms with van der Waals surface area (Å²) in [5.41, 5.74) is 7.91. The number of carbonyl (C=O) groups is 1. The number of hydrogen-bond acceptors (Lipinski definition) is 2. The molecule has 0 saturated heterocycles. The Morgan fingerprint density at radius 3 is 2.57 bits per heavy atom. The van der Waals surface area contributed by atoms with Crippen molar-refractivity contribution >= 4 is 11.6 Å². The largest absolute Gasteiger partial charge is 0.330 e. The Balaban J connectivity index is 1.78. The molecule has 2 aliphatic carbocycles. The first kappa shape index (κ1) is 14.6. The molecular weight excluding hydrogens is 260 g/mol. The summed E-state index contributed by atoms with van der Waals surface area (Å²) in [6.07, 6.45) is 5.82. The van der Waals surface area contributed by atoms with E-state index in [1.807, 2.05) is 4.90 Å². The van der Waals surface area contributed by atoms with Crippen molar-refractivity contribution in [2.45, 2.75) is 39.0 Å². The van der Waals surface area contributed by atoms with Crippen molar-refractivity contribution in [3.05, 3.63) is 29.8 Å². The SMILES string of the molecule is Cc1ccc(N(CCCN)C(=O)C2CC3CCC2C3)cc1. The Hall–Kier alpha value is -1.35. The first-order chi connectivity index (χ1) is 10.2. The van der Waals surface area contributed by atoms with E-state index in [2.05, 4.69) is 31.2 Å². The van der Waals surface area contributed by atoms with E-state index >= 15 is 0 Å². The van der Waals surface area contributed by atoms with Gasteiger partial charge >= 0.3 is 0 Å². The van der Waals surface area contributed by atoms with Gasteiger partial charge in [0.25, 0.3) is 0 Å². The minimum Gasteiger partial charge on any atom is -0.330 e. The molecule has 2 bridgehead atoms. The van der Waals surface area contributed by atoms with E-state index in [0.717, 1.165) is 31.0 Å². The van der Waals surface area contributed by atoms with Gasteiger partial charge in [-0.25, -0.2) is 0 Å². The maximum absolute atomic E-state index is 13.0. The molecule has 3 rings (SSSR count). The van der Waals surface area contributed by atoms with Crippen molar-refractivity contribution in [1.29, 1.82) is 0 Å². The second kappa shape index (κ2) is 6.18. The van der Waals surface area contributed by atoms with Gasteiger partial charge in [-0.05, 0) is 63.1 Å². The van der Waals surface area contributed by atoms with Crippen LogP contribution >= 0.6 is 0 Å². The minimum atomic E-state index is 0.253. The number of nitrogens with zero attached hydrogens (tertiary/aromatic N) is 1. The first-order valence-corrected chi connectivity index (χ1v) is 8.27. The summed E-state index contributed by atoms with van der Waals surface area (Å²) in [6.45, 7) is 3.45. The zero-order valence-corrected chi connectivity index (χ0v) is 12.9. The molecule has 2 aliphatic rings. The topological polar surface area (TPSA) is 46.3 Å². The third-order valence-electron chi connectivity index (χ3n) is 5.25. The van der Waals surface area contributed by atoms with E-state index < -0.39 is 0 Å². The highest BCUT2D eigenvalue weighted by molar-refractivity contribution is 5.95. The number of rotatable bonds is 5. The maximum Gasteiger partial charge on any atom is 0.230 e. The van der Waals surface area contributed by atoms with Gasteiger partial charge in [-0.2, -0.15) is 0 Å². The molecule has 1 amide bonds. The normalized spacial score (nSPS) is 27.0. The summed E-state index contributed by atoms with van der Waals surface area (Å²) in [7, 11) is 0. The van der Waals surface area contributed by atoms with Crippen LogP contribution in [0.25, 0.3) is 0 Å². The fraction of sp³-hybridized carbons (Fsp3) is 0.611.